The van der Waals surface area contributed by atoms with Gasteiger partial charge in [0.2, 0.25) is 0 Å². The van der Waals surface area contributed by atoms with Crippen LogP contribution in [0.5, 0.6) is 0 Å². The molecular formula is C33H30N2O4S. The zero-order valence-electron chi connectivity index (χ0n) is 22.2. The van der Waals surface area contributed by atoms with Crippen molar-refractivity contribution in [2.24, 2.45) is 5.92 Å². The fourth-order valence-electron chi connectivity index (χ4n) is 5.55. The Hall–Kier alpha value is -4.49. The van der Waals surface area contributed by atoms with Crippen LogP contribution in [-0.2, 0) is 4.79 Å². The molecule has 2 amide bonds. The van der Waals surface area contributed by atoms with Gasteiger partial charge in [0, 0.05) is 22.0 Å². The molecule has 2 N–H and O–H groups in total. The maximum atomic E-state index is 14.4. The molecule has 0 spiro atoms. The van der Waals surface area contributed by atoms with Crippen LogP contribution in [0.2, 0.25) is 0 Å². The summed E-state index contributed by atoms with van der Waals surface area (Å²) in [5.74, 6) is -2.89. The summed E-state index contributed by atoms with van der Waals surface area (Å²) in [5.41, 5.74) is 3.66. The van der Waals surface area contributed by atoms with Crippen LogP contribution in [0.15, 0.2) is 102 Å². The summed E-state index contributed by atoms with van der Waals surface area (Å²) < 4.78 is 0. The van der Waals surface area contributed by atoms with Gasteiger partial charge < -0.3 is 15.3 Å². The van der Waals surface area contributed by atoms with Gasteiger partial charge in [-0.25, -0.2) is 9.59 Å². The van der Waals surface area contributed by atoms with Crippen molar-refractivity contribution in [3.05, 3.63) is 130 Å². The van der Waals surface area contributed by atoms with Gasteiger partial charge in [-0.3, -0.25) is 4.79 Å². The van der Waals surface area contributed by atoms with Gasteiger partial charge in [-0.05, 0) is 54.1 Å². The zero-order valence-corrected chi connectivity index (χ0v) is 23.0. The predicted octanol–water partition coefficient (Wildman–Crippen LogP) is 7.03. The third-order valence-corrected chi connectivity index (χ3v) is 8.55. The maximum absolute atomic E-state index is 14.4. The van der Waals surface area contributed by atoms with E-state index >= 15 is 0 Å². The van der Waals surface area contributed by atoms with Crippen LogP contribution in [0.25, 0.3) is 6.08 Å². The number of rotatable bonds is 7. The summed E-state index contributed by atoms with van der Waals surface area (Å²) in [6.07, 6.45) is 3.66. The molecule has 6 nitrogen and oxygen atoms in total. The van der Waals surface area contributed by atoms with E-state index in [0.29, 0.717) is 11.3 Å². The minimum atomic E-state index is -1.26. The van der Waals surface area contributed by atoms with Gasteiger partial charge in [-0.1, -0.05) is 84.9 Å². The highest BCUT2D eigenvalue weighted by molar-refractivity contribution is 7.10. The number of aliphatic carboxylic acids is 1. The Balaban J connectivity index is 1.69. The number of carbonyl (C=O) groups is 3. The molecule has 0 bridgehead atoms. The van der Waals surface area contributed by atoms with Gasteiger partial charge in [-0.2, -0.15) is 0 Å². The lowest BCUT2D eigenvalue weighted by atomic mass is 9.79. The summed E-state index contributed by atoms with van der Waals surface area (Å²) in [6, 6.07) is 25.1. The van der Waals surface area contributed by atoms with Crippen molar-refractivity contribution >= 4 is 40.9 Å². The quantitative estimate of drug-likeness (QED) is 0.242. The SMILES string of the molecule is Cc1ccccc1C(=O)C1C(c2sccc2C)C(C(=O)O)N(C(=O)Nc2ccccc2)C1C=Cc1ccccc1. The zero-order chi connectivity index (χ0) is 28.2. The largest absolute Gasteiger partial charge is 0.480 e. The number of Topliss-reactive ketones (excluding diaryl/α,β-unsaturated/α-hetero) is 1. The number of benzene rings is 3. The van der Waals surface area contributed by atoms with Gasteiger partial charge in [0.25, 0.3) is 0 Å². The van der Waals surface area contributed by atoms with E-state index in [-0.39, 0.29) is 5.78 Å². The normalized spacial score (nSPS) is 20.5. The first-order valence-electron chi connectivity index (χ1n) is 13.1. The first-order chi connectivity index (χ1) is 19.4. The minimum Gasteiger partial charge on any atom is -0.480 e. The first-order valence-corrected chi connectivity index (χ1v) is 14.0. The molecule has 3 aromatic carbocycles. The summed E-state index contributed by atoms with van der Waals surface area (Å²) >= 11 is 1.42. The highest BCUT2D eigenvalue weighted by Gasteiger charge is 2.57. The number of carboxylic acid groups (broad SMARTS) is 1. The van der Waals surface area contributed by atoms with E-state index < -0.39 is 35.9 Å². The van der Waals surface area contributed by atoms with Crippen molar-refractivity contribution in [1.29, 1.82) is 0 Å². The van der Waals surface area contributed by atoms with Crippen molar-refractivity contribution < 1.29 is 19.5 Å². The number of urea groups is 1. The number of carbonyl (C=O) groups excluding carboxylic acids is 2. The standard InChI is InChI=1S/C33H30N2O4S/c1-21-11-9-10-16-25(21)30(36)27-26(18-17-23-12-5-3-6-13-23)35(33(39)34-24-14-7-4-8-15-24)29(32(37)38)28(27)31-22(2)19-20-40-31/h3-20,26-29H,1-2H3,(H,34,39)(H,37,38). The van der Waals surface area contributed by atoms with Gasteiger partial charge in [0.15, 0.2) is 5.78 Å². The third-order valence-electron chi connectivity index (χ3n) is 7.43. The van der Waals surface area contributed by atoms with Gasteiger partial charge in [-0.15, -0.1) is 11.3 Å². The van der Waals surface area contributed by atoms with E-state index in [1.807, 2.05) is 86.0 Å². The number of carboxylic acids is 1. The molecule has 0 radical (unpaired) electrons. The molecule has 4 unspecified atom stereocenters. The molecule has 1 aromatic heterocycles. The number of nitrogens with one attached hydrogen (secondary N) is 1. The minimum absolute atomic E-state index is 0.181. The Bertz CT molecular complexity index is 1550. The van der Waals surface area contributed by atoms with E-state index in [2.05, 4.69) is 5.32 Å². The number of aryl methyl sites for hydroxylation is 2. The number of anilines is 1. The van der Waals surface area contributed by atoms with Crippen LogP contribution in [0.4, 0.5) is 10.5 Å². The fraction of sp³-hybridized carbons (Fsp3) is 0.182. The highest BCUT2D eigenvalue weighted by Crippen LogP contribution is 2.48. The number of nitrogens with zero attached hydrogens (tertiary/aromatic N) is 1. The number of hydrogen-bond donors (Lipinski definition) is 2. The molecule has 7 heteroatoms. The Morgan fingerprint density at radius 1 is 0.850 bits per heavy atom. The van der Waals surface area contributed by atoms with Crippen molar-refractivity contribution in [2.75, 3.05) is 5.32 Å². The number of ketones is 1. The Labute approximate surface area is 237 Å². The Morgan fingerprint density at radius 2 is 1.50 bits per heavy atom. The molecule has 4 atom stereocenters. The second kappa shape index (κ2) is 11.7. The van der Waals surface area contributed by atoms with Crippen LogP contribution in [0.1, 0.15) is 37.8 Å². The number of thiophene rings is 1. The summed E-state index contributed by atoms with van der Waals surface area (Å²) in [6.45, 7) is 3.79. The van der Waals surface area contributed by atoms with Gasteiger partial charge >= 0.3 is 12.0 Å². The van der Waals surface area contributed by atoms with E-state index in [1.54, 1.807) is 36.4 Å². The summed E-state index contributed by atoms with van der Waals surface area (Å²) in [7, 11) is 0. The van der Waals surface area contributed by atoms with Crippen LogP contribution in [0, 0.1) is 19.8 Å². The lowest BCUT2D eigenvalue weighted by Crippen LogP contribution is -2.48. The molecule has 2 heterocycles. The summed E-state index contributed by atoms with van der Waals surface area (Å²) in [5, 5.41) is 15.4. The highest BCUT2D eigenvalue weighted by atomic mass is 32.1. The fourth-order valence-corrected chi connectivity index (χ4v) is 6.66. The first kappa shape index (κ1) is 27.1. The second-order valence-electron chi connectivity index (χ2n) is 9.95. The lowest BCUT2D eigenvalue weighted by molar-refractivity contribution is -0.141. The molecule has 1 fully saturated rings. The average molecular weight is 551 g/mol. The molecular weight excluding hydrogens is 520 g/mol. The van der Waals surface area contributed by atoms with Crippen LogP contribution in [-0.4, -0.2) is 39.9 Å². The van der Waals surface area contributed by atoms with Crippen LogP contribution < -0.4 is 5.32 Å². The van der Waals surface area contributed by atoms with Crippen molar-refractivity contribution in [3.63, 3.8) is 0 Å². The Kier molecular flexibility index (Phi) is 7.94. The smallest absolute Gasteiger partial charge is 0.327 e. The monoisotopic (exact) mass is 550 g/mol. The molecule has 1 aliphatic heterocycles. The average Bonchev–Trinajstić information content (AvgIpc) is 3.53. The van der Waals surface area contributed by atoms with Crippen molar-refractivity contribution in [1.82, 2.24) is 4.90 Å². The maximum Gasteiger partial charge on any atom is 0.327 e. The molecule has 1 saturated heterocycles. The molecule has 5 rings (SSSR count). The van der Waals surface area contributed by atoms with Crippen molar-refractivity contribution in [2.45, 2.75) is 31.8 Å². The molecule has 0 aliphatic carbocycles. The molecule has 40 heavy (non-hydrogen) atoms. The molecule has 0 saturated carbocycles. The number of amides is 2. The number of likely N-dealkylation sites (tertiary alicyclic amines) is 1. The van der Waals surface area contributed by atoms with E-state index in [1.165, 1.54) is 16.2 Å². The molecule has 4 aromatic rings. The lowest BCUT2D eigenvalue weighted by Gasteiger charge is -2.28. The Morgan fingerprint density at radius 3 is 2.12 bits per heavy atom. The van der Waals surface area contributed by atoms with Crippen LogP contribution in [0.3, 0.4) is 0 Å². The third kappa shape index (κ3) is 5.33. The van der Waals surface area contributed by atoms with Gasteiger partial charge in [0.1, 0.15) is 6.04 Å². The topological polar surface area (TPSA) is 86.7 Å². The van der Waals surface area contributed by atoms with E-state index in [0.717, 1.165) is 21.6 Å². The number of hydrogen-bond acceptors (Lipinski definition) is 4. The predicted molar refractivity (Wildman–Crippen MR) is 159 cm³/mol. The summed E-state index contributed by atoms with van der Waals surface area (Å²) in [4.78, 5) is 43.5. The van der Waals surface area contributed by atoms with Gasteiger partial charge in [0.05, 0.1) is 12.0 Å². The van der Waals surface area contributed by atoms with Crippen LogP contribution >= 0.6 is 11.3 Å². The molecule has 1 aliphatic rings. The van der Waals surface area contributed by atoms with Crippen molar-refractivity contribution in [3.8, 4) is 0 Å². The number of para-hydroxylation sites is 1. The molecule has 202 valence electrons. The second-order valence-corrected chi connectivity index (χ2v) is 10.9. The van der Waals surface area contributed by atoms with E-state index in [4.69, 9.17) is 0 Å². The van der Waals surface area contributed by atoms with E-state index in [9.17, 15) is 19.5 Å².